The second-order valence-electron chi connectivity index (χ2n) is 9.14. The fourth-order valence-corrected chi connectivity index (χ4v) is 3.93. The van der Waals surface area contributed by atoms with Gasteiger partial charge in [0.25, 0.3) is 11.8 Å². The number of hydrogen-bond donors (Lipinski definition) is 6. The standard InChI is InChI=1S/C28H33N5O6/c1-19(34)26(28(38)32-39)31-27(37)22-11-7-20(8-12-22)5-6-21-9-13-23(14-10-21)30-24(35)18-29-15-3-17-33-16-2-4-25(33)36/h7-14,19,26,29,34,39H,2-4,15-18H2,1H3,(H,30,35)(H,31,37)(H,32,38). The number of aliphatic hydroxyl groups is 1. The first-order valence-electron chi connectivity index (χ1n) is 12.7. The molecule has 1 fully saturated rings. The number of benzene rings is 2. The Morgan fingerprint density at radius 2 is 1.67 bits per heavy atom. The molecular weight excluding hydrogens is 502 g/mol. The van der Waals surface area contributed by atoms with Gasteiger partial charge in [0.1, 0.15) is 6.04 Å². The maximum absolute atomic E-state index is 12.4. The first-order valence-corrected chi connectivity index (χ1v) is 12.7. The van der Waals surface area contributed by atoms with Crippen molar-refractivity contribution in [1.82, 2.24) is 21.0 Å². The first kappa shape index (κ1) is 29.3. The highest BCUT2D eigenvalue weighted by atomic mass is 16.5. The van der Waals surface area contributed by atoms with Crippen LogP contribution >= 0.6 is 0 Å². The van der Waals surface area contributed by atoms with Crippen LogP contribution in [0.3, 0.4) is 0 Å². The van der Waals surface area contributed by atoms with Gasteiger partial charge in [-0.2, -0.15) is 0 Å². The highest BCUT2D eigenvalue weighted by Gasteiger charge is 2.25. The number of anilines is 1. The van der Waals surface area contributed by atoms with E-state index in [9.17, 15) is 24.3 Å². The van der Waals surface area contributed by atoms with Gasteiger partial charge in [-0.25, -0.2) is 5.48 Å². The number of amides is 4. The Bertz CT molecular complexity index is 1220. The minimum Gasteiger partial charge on any atom is -0.391 e. The molecule has 1 aliphatic rings. The highest BCUT2D eigenvalue weighted by Crippen LogP contribution is 2.11. The van der Waals surface area contributed by atoms with Crippen LogP contribution in [-0.4, -0.2) is 77.2 Å². The summed E-state index contributed by atoms with van der Waals surface area (Å²) in [4.78, 5) is 49.6. The zero-order valence-corrected chi connectivity index (χ0v) is 21.7. The second kappa shape index (κ2) is 14.6. The minimum absolute atomic E-state index is 0.160. The maximum atomic E-state index is 12.4. The zero-order valence-electron chi connectivity index (χ0n) is 21.7. The summed E-state index contributed by atoms with van der Waals surface area (Å²) >= 11 is 0. The maximum Gasteiger partial charge on any atom is 0.268 e. The molecule has 1 heterocycles. The highest BCUT2D eigenvalue weighted by molar-refractivity contribution is 5.97. The molecule has 2 aromatic rings. The Morgan fingerprint density at radius 3 is 2.23 bits per heavy atom. The third-order valence-corrected chi connectivity index (χ3v) is 6.07. The molecule has 206 valence electrons. The van der Waals surface area contributed by atoms with Gasteiger partial charge in [-0.05, 0) is 74.8 Å². The Balaban J connectivity index is 1.43. The SMILES string of the molecule is CC(O)C(NC(=O)c1ccc(C#Cc2ccc(NC(=O)CNCCCN3CCCC3=O)cc2)cc1)C(=O)NO. The molecule has 2 unspecified atom stereocenters. The van der Waals surface area contributed by atoms with Crippen LogP contribution in [-0.2, 0) is 14.4 Å². The number of likely N-dealkylation sites (tertiary alicyclic amines) is 1. The van der Waals surface area contributed by atoms with Crippen LogP contribution in [0.5, 0.6) is 0 Å². The monoisotopic (exact) mass is 535 g/mol. The normalized spacial score (nSPS) is 14.1. The summed E-state index contributed by atoms with van der Waals surface area (Å²) in [5, 5.41) is 26.7. The lowest BCUT2D eigenvalue weighted by atomic mass is 10.1. The molecule has 3 rings (SSSR count). The van der Waals surface area contributed by atoms with Gasteiger partial charge < -0.3 is 26.0 Å². The van der Waals surface area contributed by atoms with E-state index < -0.39 is 24.0 Å². The Morgan fingerprint density at radius 1 is 1.03 bits per heavy atom. The minimum atomic E-state index is -1.30. The Hall–Kier alpha value is -4.24. The van der Waals surface area contributed by atoms with Crippen molar-refractivity contribution in [2.75, 3.05) is 31.5 Å². The number of nitrogens with one attached hydrogen (secondary N) is 4. The van der Waals surface area contributed by atoms with Gasteiger partial charge in [-0.15, -0.1) is 0 Å². The van der Waals surface area contributed by atoms with Gasteiger partial charge in [-0.1, -0.05) is 11.8 Å². The summed E-state index contributed by atoms with van der Waals surface area (Å²) in [6.07, 6.45) is 1.16. The van der Waals surface area contributed by atoms with Crippen molar-refractivity contribution in [3.05, 3.63) is 65.2 Å². The topological polar surface area (TPSA) is 160 Å². The number of hydrogen-bond acceptors (Lipinski definition) is 7. The fraction of sp³-hybridized carbons (Fsp3) is 0.357. The fourth-order valence-electron chi connectivity index (χ4n) is 3.93. The lowest BCUT2D eigenvalue weighted by molar-refractivity contribution is -0.133. The van der Waals surface area contributed by atoms with E-state index in [0.29, 0.717) is 30.8 Å². The molecule has 6 N–H and O–H groups in total. The predicted octanol–water partition coefficient (Wildman–Crippen LogP) is 0.612. The number of nitrogens with zero attached hydrogens (tertiary/aromatic N) is 1. The molecule has 0 aromatic heterocycles. The molecule has 39 heavy (non-hydrogen) atoms. The van der Waals surface area contributed by atoms with Gasteiger partial charge in [0.05, 0.1) is 12.6 Å². The molecule has 2 atom stereocenters. The summed E-state index contributed by atoms with van der Waals surface area (Å²) in [6, 6.07) is 12.2. The summed E-state index contributed by atoms with van der Waals surface area (Å²) < 4.78 is 0. The van der Waals surface area contributed by atoms with Crippen LogP contribution in [0.1, 0.15) is 47.7 Å². The van der Waals surface area contributed by atoms with E-state index >= 15 is 0 Å². The third-order valence-electron chi connectivity index (χ3n) is 6.07. The predicted molar refractivity (Wildman–Crippen MR) is 144 cm³/mol. The van der Waals surface area contributed by atoms with E-state index in [-0.39, 0.29) is 23.9 Å². The number of carbonyl (C=O) groups excluding carboxylic acids is 4. The van der Waals surface area contributed by atoms with E-state index in [1.807, 2.05) is 4.90 Å². The van der Waals surface area contributed by atoms with Crippen LogP contribution in [0.15, 0.2) is 48.5 Å². The first-order chi connectivity index (χ1) is 18.8. The molecule has 11 heteroatoms. The Kier molecular flexibility index (Phi) is 11.0. The van der Waals surface area contributed by atoms with E-state index in [1.165, 1.54) is 24.5 Å². The average molecular weight is 536 g/mol. The van der Waals surface area contributed by atoms with Gasteiger partial charge in [-0.3, -0.25) is 24.4 Å². The van der Waals surface area contributed by atoms with Crippen molar-refractivity contribution in [2.45, 2.75) is 38.3 Å². The van der Waals surface area contributed by atoms with Crippen molar-refractivity contribution in [3.8, 4) is 11.8 Å². The second-order valence-corrected chi connectivity index (χ2v) is 9.14. The summed E-state index contributed by atoms with van der Waals surface area (Å²) in [5.41, 5.74) is 3.71. The van der Waals surface area contributed by atoms with Crippen molar-refractivity contribution in [2.24, 2.45) is 0 Å². The van der Waals surface area contributed by atoms with E-state index in [2.05, 4.69) is 27.8 Å². The molecule has 1 saturated heterocycles. The van der Waals surface area contributed by atoms with Gasteiger partial charge in [0.2, 0.25) is 11.8 Å². The molecule has 0 radical (unpaired) electrons. The molecule has 0 saturated carbocycles. The van der Waals surface area contributed by atoms with E-state index in [4.69, 9.17) is 5.21 Å². The Labute approximate surface area is 226 Å². The molecule has 0 spiro atoms. The molecule has 2 aromatic carbocycles. The number of hydroxylamine groups is 1. The number of rotatable bonds is 11. The average Bonchev–Trinajstić information content (AvgIpc) is 3.35. The molecule has 0 aliphatic carbocycles. The van der Waals surface area contributed by atoms with E-state index in [0.717, 1.165) is 24.9 Å². The number of aliphatic hydroxyl groups excluding tert-OH is 1. The van der Waals surface area contributed by atoms with E-state index in [1.54, 1.807) is 36.4 Å². The summed E-state index contributed by atoms with van der Waals surface area (Å²) in [5.74, 6) is 4.55. The van der Waals surface area contributed by atoms with Crippen LogP contribution in [0, 0.1) is 11.8 Å². The van der Waals surface area contributed by atoms with Crippen LogP contribution in [0.2, 0.25) is 0 Å². The zero-order chi connectivity index (χ0) is 28.2. The molecule has 0 bridgehead atoms. The van der Waals surface area contributed by atoms with Crippen LogP contribution < -0.4 is 21.4 Å². The van der Waals surface area contributed by atoms with Gasteiger partial charge in [0, 0.05) is 41.9 Å². The molecule has 1 aliphatic heterocycles. The van der Waals surface area contributed by atoms with Crippen molar-refractivity contribution < 1.29 is 29.5 Å². The molecule has 11 nitrogen and oxygen atoms in total. The summed E-state index contributed by atoms with van der Waals surface area (Å²) in [6.45, 7) is 3.69. The van der Waals surface area contributed by atoms with Gasteiger partial charge in [0.15, 0.2) is 0 Å². The molecule has 4 amide bonds. The lowest BCUT2D eigenvalue weighted by Crippen LogP contribution is -2.51. The summed E-state index contributed by atoms with van der Waals surface area (Å²) in [7, 11) is 0. The van der Waals surface area contributed by atoms with Gasteiger partial charge >= 0.3 is 0 Å². The largest absolute Gasteiger partial charge is 0.391 e. The van der Waals surface area contributed by atoms with Crippen LogP contribution in [0.25, 0.3) is 0 Å². The van der Waals surface area contributed by atoms with Crippen molar-refractivity contribution in [3.63, 3.8) is 0 Å². The lowest BCUT2D eigenvalue weighted by Gasteiger charge is -2.19. The van der Waals surface area contributed by atoms with Crippen molar-refractivity contribution >= 4 is 29.3 Å². The third kappa shape index (κ3) is 9.22. The quantitative estimate of drug-likeness (QED) is 0.106. The molecular formula is C28H33N5O6. The smallest absolute Gasteiger partial charge is 0.268 e. The van der Waals surface area contributed by atoms with Crippen LogP contribution in [0.4, 0.5) is 5.69 Å². The number of carbonyl (C=O) groups is 4. The van der Waals surface area contributed by atoms with Crippen molar-refractivity contribution in [1.29, 1.82) is 0 Å².